The Balaban J connectivity index is 1.94. The number of benzene rings is 1. The monoisotopic (exact) mass is 324 g/mol. The molecule has 5 nitrogen and oxygen atoms in total. The van der Waals surface area contributed by atoms with E-state index in [2.05, 4.69) is 0 Å². The fourth-order valence-corrected chi connectivity index (χ4v) is 4.66. The Bertz CT molecular complexity index is 1090. The zero-order valence-electron chi connectivity index (χ0n) is 21.4. The molecule has 1 spiro atoms. The molecular weight excluding hydrogens is 294 g/mol. The third kappa shape index (κ3) is 1.32. The number of carbonyl (C=O) groups excluding carboxylic acids is 1. The number of likely N-dealkylation sites (tertiary alicyclic amines) is 1. The lowest BCUT2D eigenvalue weighted by atomic mass is 9.49. The van der Waals surface area contributed by atoms with E-state index < -0.39 is 72.3 Å². The van der Waals surface area contributed by atoms with E-state index in [4.69, 9.17) is 20.4 Å². The molecule has 122 valence electrons. The van der Waals surface area contributed by atoms with Gasteiger partial charge in [-0.3, -0.25) is 4.79 Å². The molecule has 5 heteroatoms. The van der Waals surface area contributed by atoms with Crippen LogP contribution in [0.5, 0.6) is 11.5 Å². The number of aliphatic hydroxyl groups is 1. The first-order valence-corrected chi connectivity index (χ1v) is 7.50. The SMILES string of the molecule is [2H]c1c([2H])c(OC([2H])([2H])[2H])c2c3c1C[C@@]1([2H])N(C)CC[C@@]34C([2H])(O2)C(=O)C([2H])([2H])C[C@@]14O. The summed E-state index contributed by atoms with van der Waals surface area (Å²) in [5, 5.41) is 12.1. The average Bonchev–Trinajstić information content (AvgIpc) is 2.92. The molecule has 2 aliphatic carbocycles. The smallest absolute Gasteiger partial charge is 0.174 e. The van der Waals surface area contributed by atoms with Crippen molar-refractivity contribution in [2.75, 3.05) is 20.6 Å². The summed E-state index contributed by atoms with van der Waals surface area (Å²) in [7, 11) is -1.47. The third-order valence-corrected chi connectivity index (χ3v) is 5.70. The number of nitrogens with zero attached hydrogens (tertiary/aromatic N) is 1. The van der Waals surface area contributed by atoms with Crippen molar-refractivity contribution in [1.82, 2.24) is 4.90 Å². The summed E-state index contributed by atoms with van der Waals surface area (Å²) in [6.07, 6.45) is -6.58. The minimum absolute atomic E-state index is 0.00933. The van der Waals surface area contributed by atoms with Crippen LogP contribution in [0.1, 0.15) is 42.7 Å². The first-order valence-electron chi connectivity index (χ1n) is 12.0. The highest BCUT2D eigenvalue weighted by atomic mass is 16.5. The van der Waals surface area contributed by atoms with Gasteiger partial charge in [0.05, 0.1) is 27.6 Å². The molecule has 1 unspecified atom stereocenters. The fraction of sp³-hybridized carbons (Fsp3) is 0.611. The molecule has 1 saturated heterocycles. The second-order valence-corrected chi connectivity index (χ2v) is 6.54. The summed E-state index contributed by atoms with van der Waals surface area (Å²) in [6.45, 7) is 0.163. The van der Waals surface area contributed by atoms with Gasteiger partial charge in [-0.1, -0.05) is 6.04 Å². The van der Waals surface area contributed by atoms with Crippen molar-refractivity contribution in [3.05, 3.63) is 23.2 Å². The van der Waals surface area contributed by atoms with E-state index in [0.717, 1.165) is 0 Å². The maximum Gasteiger partial charge on any atom is 0.174 e. The maximum atomic E-state index is 13.3. The van der Waals surface area contributed by atoms with Crippen LogP contribution >= 0.6 is 0 Å². The largest absolute Gasteiger partial charge is 0.493 e. The van der Waals surface area contributed by atoms with Gasteiger partial charge in [0, 0.05) is 20.7 Å². The van der Waals surface area contributed by atoms with Crippen LogP contribution in [0.4, 0.5) is 0 Å². The molecule has 1 aromatic carbocycles. The molecule has 0 amide bonds. The lowest BCUT2D eigenvalue weighted by Crippen LogP contribution is -2.76. The number of rotatable bonds is 1. The number of hydrogen-bond acceptors (Lipinski definition) is 5. The van der Waals surface area contributed by atoms with Crippen LogP contribution in [-0.4, -0.2) is 54.1 Å². The van der Waals surface area contributed by atoms with Gasteiger partial charge in [-0.25, -0.2) is 0 Å². The predicted molar refractivity (Wildman–Crippen MR) is 83.0 cm³/mol. The van der Waals surface area contributed by atoms with Crippen molar-refractivity contribution in [2.45, 2.75) is 48.7 Å². The average molecular weight is 324 g/mol. The molecule has 1 N–H and O–H groups in total. The summed E-state index contributed by atoms with van der Waals surface area (Å²) >= 11 is 0. The van der Waals surface area contributed by atoms with Gasteiger partial charge >= 0.3 is 0 Å². The highest BCUT2D eigenvalue weighted by molar-refractivity contribution is 5.90. The van der Waals surface area contributed by atoms with Crippen LogP contribution in [0.2, 0.25) is 0 Å². The maximum absolute atomic E-state index is 13.3. The minimum atomic E-state index is -3.04. The van der Waals surface area contributed by atoms with Gasteiger partial charge in [0.25, 0.3) is 0 Å². The molecular formula is C18H21NO4. The summed E-state index contributed by atoms with van der Waals surface area (Å²) < 4.78 is 84.7. The second-order valence-electron chi connectivity index (χ2n) is 6.54. The molecule has 1 saturated carbocycles. The summed E-state index contributed by atoms with van der Waals surface area (Å²) in [6, 6.07) is -3.00. The van der Waals surface area contributed by atoms with Crippen LogP contribution < -0.4 is 9.47 Å². The molecule has 2 bridgehead atoms. The van der Waals surface area contributed by atoms with Crippen molar-refractivity contribution >= 4 is 5.78 Å². The minimum Gasteiger partial charge on any atom is -0.493 e. The first kappa shape index (κ1) is 7.53. The van der Waals surface area contributed by atoms with Gasteiger partial charge in [0.15, 0.2) is 23.4 Å². The number of Topliss-reactive ketones (excluding diaryl/α,β-unsaturated/α-hetero) is 1. The standard InChI is InChI=1S/C18H21NO4/c1-19-8-7-17-14-10-3-4-12(22-2)15(14)23-16(17)11(20)5-6-18(17,21)13(19)9-10/h3-4,13,16,21H,5-9H2,1-2H3/t13-,16?,17+,18-/m1/s1/i2D3,3D,4D,5D2,13D,16D. The lowest BCUT2D eigenvalue weighted by Gasteiger charge is -2.62. The van der Waals surface area contributed by atoms with Crippen LogP contribution in [0, 0.1) is 0 Å². The van der Waals surface area contributed by atoms with Crippen molar-refractivity contribution in [3.8, 4) is 11.5 Å². The van der Waals surface area contributed by atoms with Gasteiger partial charge in [0.2, 0.25) is 0 Å². The van der Waals surface area contributed by atoms with E-state index in [-0.39, 0.29) is 30.5 Å². The summed E-state index contributed by atoms with van der Waals surface area (Å²) in [5.41, 5.74) is -4.11. The number of ether oxygens (including phenoxy) is 2. The summed E-state index contributed by atoms with van der Waals surface area (Å²) in [4.78, 5) is 14.8. The third-order valence-electron chi connectivity index (χ3n) is 5.70. The highest BCUT2D eigenvalue weighted by Crippen LogP contribution is 2.64. The van der Waals surface area contributed by atoms with E-state index in [9.17, 15) is 11.3 Å². The zero-order valence-corrected chi connectivity index (χ0v) is 12.4. The Morgan fingerprint density at radius 1 is 1.61 bits per heavy atom. The van der Waals surface area contributed by atoms with E-state index in [1.807, 2.05) is 0 Å². The molecule has 0 aromatic heterocycles. The predicted octanol–water partition coefficient (Wildman–Crippen LogP) is 1.05. The molecule has 2 aliphatic heterocycles. The van der Waals surface area contributed by atoms with Crippen molar-refractivity contribution in [1.29, 1.82) is 0 Å². The molecule has 1 aromatic rings. The van der Waals surface area contributed by atoms with Crippen LogP contribution in [0.15, 0.2) is 12.1 Å². The Kier molecular flexibility index (Phi) is 1.34. The second kappa shape index (κ2) is 4.08. The van der Waals surface area contributed by atoms with E-state index in [1.165, 1.54) is 4.90 Å². The van der Waals surface area contributed by atoms with E-state index in [0.29, 0.717) is 0 Å². The highest BCUT2D eigenvalue weighted by Gasteiger charge is 2.72. The first-order chi connectivity index (χ1) is 14.5. The van der Waals surface area contributed by atoms with Crippen LogP contribution in [0.3, 0.4) is 0 Å². The quantitative estimate of drug-likeness (QED) is 0.837. The Morgan fingerprint density at radius 3 is 3.30 bits per heavy atom. The molecule has 23 heavy (non-hydrogen) atoms. The van der Waals surface area contributed by atoms with Crippen LogP contribution in [0.25, 0.3) is 0 Å². The zero-order chi connectivity index (χ0) is 23.9. The number of methoxy groups -OCH3 is 1. The Hall–Kier alpha value is -1.59. The molecule has 0 radical (unpaired) electrons. The normalized spacial score (nSPS) is 55.4. The van der Waals surface area contributed by atoms with Crippen molar-refractivity contribution < 1.29 is 31.7 Å². The van der Waals surface area contributed by atoms with E-state index >= 15 is 0 Å². The lowest BCUT2D eigenvalue weighted by molar-refractivity contribution is -0.185. The molecule has 4 atom stereocenters. The number of likely N-dealkylation sites (N-methyl/N-ethyl adjacent to an activating group) is 1. The topological polar surface area (TPSA) is 59.0 Å². The molecule has 2 heterocycles. The number of hydrogen-bond donors (Lipinski definition) is 1. The van der Waals surface area contributed by atoms with Gasteiger partial charge in [0.1, 0.15) is 0 Å². The van der Waals surface area contributed by atoms with Gasteiger partial charge in [-0.05, 0) is 44.5 Å². The number of piperidine rings is 1. The van der Waals surface area contributed by atoms with Crippen LogP contribution in [-0.2, 0) is 16.6 Å². The number of carbonyl (C=O) groups is 1. The van der Waals surface area contributed by atoms with Crippen molar-refractivity contribution in [3.63, 3.8) is 0 Å². The van der Waals surface area contributed by atoms with Crippen molar-refractivity contribution in [2.24, 2.45) is 0 Å². The van der Waals surface area contributed by atoms with Gasteiger partial charge in [-0.15, -0.1) is 0 Å². The summed E-state index contributed by atoms with van der Waals surface area (Å²) in [5.74, 6) is -2.33. The fourth-order valence-electron chi connectivity index (χ4n) is 4.66. The Morgan fingerprint density at radius 2 is 2.48 bits per heavy atom. The Labute approximate surface area is 147 Å². The van der Waals surface area contributed by atoms with Gasteiger partial charge in [-0.2, -0.15) is 0 Å². The van der Waals surface area contributed by atoms with E-state index in [1.54, 1.807) is 7.05 Å². The van der Waals surface area contributed by atoms with Gasteiger partial charge < -0.3 is 19.5 Å². The molecule has 5 rings (SSSR count). The molecule has 4 aliphatic rings. The number of ketones is 1. The molecule has 2 fully saturated rings.